The largest absolute Gasteiger partial charge is 0.458 e. The van der Waals surface area contributed by atoms with Crippen LogP contribution in [0.15, 0.2) is 0 Å². The van der Waals surface area contributed by atoms with Crippen LogP contribution in [0.25, 0.3) is 0 Å². The fourth-order valence-electron chi connectivity index (χ4n) is 4.28. The minimum atomic E-state index is -0.373. The number of ether oxygens (including phenoxy) is 1. The number of rotatable bonds is 3. The second kappa shape index (κ2) is 5.28. The summed E-state index contributed by atoms with van der Waals surface area (Å²) in [5.41, 5.74) is -0.0866. The van der Waals surface area contributed by atoms with Gasteiger partial charge >= 0.3 is 5.97 Å². The van der Waals surface area contributed by atoms with Crippen molar-refractivity contribution in [3.63, 3.8) is 0 Å². The van der Waals surface area contributed by atoms with Crippen LogP contribution < -0.4 is 0 Å². The molecule has 0 saturated heterocycles. The molecule has 1 unspecified atom stereocenters. The van der Waals surface area contributed by atoms with E-state index in [9.17, 15) is 4.79 Å². The SMILES string of the molecule is CCC(C)(C)C(=O)OC1(C)CCC2(CCCC2)CC1(C)C. The minimum Gasteiger partial charge on any atom is -0.458 e. The highest BCUT2D eigenvalue weighted by molar-refractivity contribution is 5.76. The molecule has 2 rings (SSSR count). The van der Waals surface area contributed by atoms with E-state index in [-0.39, 0.29) is 22.4 Å². The van der Waals surface area contributed by atoms with Crippen LogP contribution in [-0.4, -0.2) is 11.6 Å². The predicted octanol–water partition coefficient (Wildman–Crippen LogP) is 5.50. The monoisotopic (exact) mass is 294 g/mol. The van der Waals surface area contributed by atoms with E-state index >= 15 is 0 Å². The molecular formula is C19H34O2. The van der Waals surface area contributed by atoms with Crippen molar-refractivity contribution in [3.8, 4) is 0 Å². The fraction of sp³-hybridized carbons (Fsp3) is 0.947. The van der Waals surface area contributed by atoms with Gasteiger partial charge in [0.1, 0.15) is 5.60 Å². The Morgan fingerprint density at radius 1 is 1.05 bits per heavy atom. The first kappa shape index (κ1) is 16.8. The Kier molecular flexibility index (Phi) is 4.23. The second-order valence-electron chi connectivity index (χ2n) is 9.13. The zero-order valence-corrected chi connectivity index (χ0v) is 15.0. The molecule has 0 heterocycles. The number of carbonyl (C=O) groups is 1. The highest BCUT2D eigenvalue weighted by Crippen LogP contribution is 2.59. The number of carbonyl (C=O) groups excluding carboxylic acids is 1. The molecule has 0 aliphatic heterocycles. The van der Waals surface area contributed by atoms with E-state index in [1.54, 1.807) is 0 Å². The third kappa shape index (κ3) is 3.00. The van der Waals surface area contributed by atoms with Gasteiger partial charge in [-0.1, -0.05) is 33.6 Å². The molecule has 2 aliphatic rings. The Hall–Kier alpha value is -0.530. The maximum absolute atomic E-state index is 12.5. The molecule has 21 heavy (non-hydrogen) atoms. The topological polar surface area (TPSA) is 26.3 Å². The molecule has 0 aromatic heterocycles. The van der Waals surface area contributed by atoms with E-state index in [4.69, 9.17) is 4.74 Å². The van der Waals surface area contributed by atoms with Gasteiger partial charge in [0.2, 0.25) is 0 Å². The van der Waals surface area contributed by atoms with Crippen LogP contribution in [0.4, 0.5) is 0 Å². The van der Waals surface area contributed by atoms with Gasteiger partial charge in [-0.25, -0.2) is 0 Å². The van der Waals surface area contributed by atoms with Gasteiger partial charge in [-0.2, -0.15) is 0 Å². The molecule has 1 atom stereocenters. The number of esters is 1. The van der Waals surface area contributed by atoms with Gasteiger partial charge in [0.15, 0.2) is 0 Å². The van der Waals surface area contributed by atoms with E-state index < -0.39 is 0 Å². The summed E-state index contributed by atoms with van der Waals surface area (Å²) in [6.07, 6.45) is 9.80. The van der Waals surface area contributed by atoms with E-state index in [2.05, 4.69) is 27.7 Å². The summed E-state index contributed by atoms with van der Waals surface area (Å²) >= 11 is 0. The van der Waals surface area contributed by atoms with Crippen LogP contribution >= 0.6 is 0 Å². The van der Waals surface area contributed by atoms with Gasteiger partial charge in [-0.05, 0) is 64.7 Å². The smallest absolute Gasteiger partial charge is 0.312 e. The summed E-state index contributed by atoms with van der Waals surface area (Å²) in [4.78, 5) is 12.5. The van der Waals surface area contributed by atoms with E-state index in [1.165, 1.54) is 38.5 Å². The zero-order chi connectivity index (χ0) is 15.9. The van der Waals surface area contributed by atoms with Crippen molar-refractivity contribution in [3.05, 3.63) is 0 Å². The van der Waals surface area contributed by atoms with Gasteiger partial charge < -0.3 is 4.74 Å². The fourth-order valence-corrected chi connectivity index (χ4v) is 4.28. The van der Waals surface area contributed by atoms with Crippen LogP contribution in [0.5, 0.6) is 0 Å². The molecular weight excluding hydrogens is 260 g/mol. The molecule has 2 saturated carbocycles. The highest BCUT2D eigenvalue weighted by Gasteiger charge is 2.54. The van der Waals surface area contributed by atoms with Gasteiger partial charge in [0.25, 0.3) is 0 Å². The third-order valence-electron chi connectivity index (χ3n) is 6.80. The molecule has 2 fully saturated rings. The lowest BCUT2D eigenvalue weighted by atomic mass is 9.56. The number of hydrogen-bond donors (Lipinski definition) is 0. The first-order valence-electron chi connectivity index (χ1n) is 8.79. The van der Waals surface area contributed by atoms with Crippen LogP contribution in [-0.2, 0) is 9.53 Å². The van der Waals surface area contributed by atoms with E-state index in [0.29, 0.717) is 5.41 Å². The maximum atomic E-state index is 12.5. The quantitative estimate of drug-likeness (QED) is 0.643. The summed E-state index contributed by atoms with van der Waals surface area (Å²) in [7, 11) is 0. The minimum absolute atomic E-state index is 0.0250. The molecule has 0 radical (unpaired) electrons. The Balaban J connectivity index is 2.14. The Bertz CT molecular complexity index is 402. The lowest BCUT2D eigenvalue weighted by Gasteiger charge is -2.54. The first-order chi connectivity index (χ1) is 9.56. The Morgan fingerprint density at radius 2 is 1.62 bits per heavy atom. The van der Waals surface area contributed by atoms with Crippen molar-refractivity contribution in [2.45, 2.75) is 98.5 Å². The predicted molar refractivity (Wildman–Crippen MR) is 87.1 cm³/mol. The van der Waals surface area contributed by atoms with Gasteiger partial charge in [-0.3, -0.25) is 4.79 Å². The van der Waals surface area contributed by atoms with Gasteiger partial charge in [-0.15, -0.1) is 0 Å². The highest BCUT2D eigenvalue weighted by atomic mass is 16.6. The third-order valence-corrected chi connectivity index (χ3v) is 6.80. The standard InChI is InChI=1S/C19H34O2/c1-7-16(2,3)15(20)21-18(6)12-13-19(10-8-9-11-19)14-17(18,4)5/h7-14H2,1-6H3. The van der Waals surface area contributed by atoms with Gasteiger partial charge in [0, 0.05) is 5.41 Å². The second-order valence-corrected chi connectivity index (χ2v) is 9.13. The lowest BCUT2D eigenvalue weighted by Crippen LogP contribution is -2.53. The van der Waals surface area contributed by atoms with Crippen LogP contribution in [0.2, 0.25) is 0 Å². The maximum Gasteiger partial charge on any atom is 0.312 e. The molecule has 2 nitrogen and oxygen atoms in total. The van der Waals surface area contributed by atoms with Crippen molar-refractivity contribution < 1.29 is 9.53 Å². The molecule has 2 aliphatic carbocycles. The first-order valence-corrected chi connectivity index (χ1v) is 8.79. The summed E-state index contributed by atoms with van der Waals surface area (Å²) < 4.78 is 6.11. The van der Waals surface area contributed by atoms with Crippen LogP contribution in [0.1, 0.15) is 92.9 Å². The molecule has 0 aromatic carbocycles. The Labute approximate surface area is 131 Å². The van der Waals surface area contributed by atoms with Crippen LogP contribution in [0, 0.1) is 16.2 Å². The molecule has 0 amide bonds. The summed E-state index contributed by atoms with van der Waals surface area (Å²) in [5.74, 6) is -0.0250. The number of hydrogen-bond acceptors (Lipinski definition) is 2. The van der Waals surface area contributed by atoms with Crippen molar-refractivity contribution in [2.75, 3.05) is 0 Å². The average molecular weight is 294 g/mol. The Morgan fingerprint density at radius 3 is 2.10 bits per heavy atom. The zero-order valence-electron chi connectivity index (χ0n) is 15.0. The van der Waals surface area contributed by atoms with E-state index in [1.807, 2.05) is 13.8 Å². The van der Waals surface area contributed by atoms with Crippen molar-refractivity contribution >= 4 is 5.97 Å². The molecule has 0 N–H and O–H groups in total. The van der Waals surface area contributed by atoms with Gasteiger partial charge in [0.05, 0.1) is 5.41 Å². The summed E-state index contributed by atoms with van der Waals surface area (Å²) in [6.45, 7) is 12.8. The van der Waals surface area contributed by atoms with Crippen LogP contribution in [0.3, 0.4) is 0 Å². The molecule has 0 aromatic rings. The lowest BCUT2D eigenvalue weighted by molar-refractivity contribution is -0.195. The van der Waals surface area contributed by atoms with Crippen molar-refractivity contribution in [2.24, 2.45) is 16.2 Å². The summed E-state index contributed by atoms with van der Waals surface area (Å²) in [5, 5.41) is 0. The molecule has 1 spiro atoms. The average Bonchev–Trinajstić information content (AvgIpc) is 2.83. The molecule has 0 bridgehead atoms. The van der Waals surface area contributed by atoms with Crippen molar-refractivity contribution in [1.82, 2.24) is 0 Å². The summed E-state index contributed by atoms with van der Waals surface area (Å²) in [6, 6.07) is 0. The normalized spacial score (nSPS) is 31.3. The molecule has 122 valence electrons. The molecule has 2 heteroatoms. The van der Waals surface area contributed by atoms with E-state index in [0.717, 1.165) is 12.8 Å². The van der Waals surface area contributed by atoms with Crippen molar-refractivity contribution in [1.29, 1.82) is 0 Å².